The summed E-state index contributed by atoms with van der Waals surface area (Å²) in [7, 11) is 0. The Bertz CT molecular complexity index is 821. The maximum absolute atomic E-state index is 12.5. The van der Waals surface area contributed by atoms with Gasteiger partial charge in [0.2, 0.25) is 5.91 Å². The molecule has 1 N–H and O–H groups in total. The monoisotopic (exact) mass is 364 g/mol. The van der Waals surface area contributed by atoms with Gasteiger partial charge < -0.3 is 10.1 Å². The van der Waals surface area contributed by atoms with E-state index in [2.05, 4.69) is 29.0 Å². The molecule has 3 rings (SSSR count). The van der Waals surface area contributed by atoms with Crippen molar-refractivity contribution in [3.8, 4) is 0 Å². The first kappa shape index (κ1) is 18.0. The Morgan fingerprint density at radius 2 is 2.12 bits per heavy atom. The highest BCUT2D eigenvalue weighted by Gasteiger charge is 2.28. The Kier molecular flexibility index (Phi) is 5.21. The third-order valence-corrected chi connectivity index (χ3v) is 5.70. The number of hydrogen-bond acceptors (Lipinski definition) is 6. The Balaban J connectivity index is 1.63. The van der Waals surface area contributed by atoms with Gasteiger partial charge in [-0.3, -0.25) is 19.1 Å². The van der Waals surface area contributed by atoms with E-state index in [1.54, 1.807) is 0 Å². The van der Waals surface area contributed by atoms with Crippen LogP contribution in [0.25, 0.3) is 10.2 Å². The number of fused-ring (bicyclic) bond motifs is 1. The molecule has 0 spiro atoms. The van der Waals surface area contributed by atoms with Gasteiger partial charge in [-0.25, -0.2) is 4.98 Å². The smallest absolute Gasteiger partial charge is 0.271 e. The number of carbonyl (C=O) groups is 1. The molecule has 0 saturated carbocycles. The summed E-state index contributed by atoms with van der Waals surface area (Å²) in [6.07, 6.45) is 1.46. The Hall–Kier alpha value is -1.77. The number of hydrogen-bond donors (Lipinski definition) is 1. The Labute approximate surface area is 150 Å². The number of aromatic nitrogens is 2. The lowest BCUT2D eigenvalue weighted by atomic mass is 10.0. The van der Waals surface area contributed by atoms with Crippen molar-refractivity contribution in [2.24, 2.45) is 0 Å². The summed E-state index contributed by atoms with van der Waals surface area (Å²) >= 11 is 1.37. The number of nitrogens with zero attached hydrogens (tertiary/aromatic N) is 3. The fourth-order valence-corrected chi connectivity index (χ4v) is 3.93. The van der Waals surface area contributed by atoms with Gasteiger partial charge in [0.25, 0.3) is 5.56 Å². The number of thiophene rings is 1. The number of aryl methyl sites for hydroxylation is 1. The van der Waals surface area contributed by atoms with Crippen LogP contribution >= 0.6 is 11.3 Å². The van der Waals surface area contributed by atoms with Gasteiger partial charge in [0.05, 0.1) is 25.1 Å². The van der Waals surface area contributed by atoms with E-state index in [0.29, 0.717) is 11.2 Å². The summed E-state index contributed by atoms with van der Waals surface area (Å²) in [5.41, 5.74) is 1.39. The minimum Gasteiger partial charge on any atom is -0.379 e. The lowest BCUT2D eigenvalue weighted by Gasteiger charge is -2.40. The highest BCUT2D eigenvalue weighted by molar-refractivity contribution is 7.17. The zero-order chi connectivity index (χ0) is 18.0. The lowest BCUT2D eigenvalue weighted by Crippen LogP contribution is -2.55. The number of rotatable bonds is 5. The molecule has 8 heteroatoms. The molecule has 1 amide bonds. The van der Waals surface area contributed by atoms with Gasteiger partial charge in [-0.2, -0.15) is 0 Å². The lowest BCUT2D eigenvalue weighted by molar-refractivity contribution is -0.122. The van der Waals surface area contributed by atoms with Crippen molar-refractivity contribution < 1.29 is 9.53 Å². The minimum atomic E-state index is -0.183. The summed E-state index contributed by atoms with van der Waals surface area (Å²) in [5.74, 6) is -0.183. The molecule has 0 aromatic carbocycles. The molecule has 0 unspecified atom stereocenters. The van der Waals surface area contributed by atoms with Gasteiger partial charge in [0.15, 0.2) is 0 Å². The van der Waals surface area contributed by atoms with Gasteiger partial charge in [0, 0.05) is 25.2 Å². The van der Waals surface area contributed by atoms with Crippen molar-refractivity contribution in [1.29, 1.82) is 0 Å². The van der Waals surface area contributed by atoms with Crippen LogP contribution in [0.5, 0.6) is 0 Å². The maximum Gasteiger partial charge on any atom is 0.271 e. The second-order valence-electron chi connectivity index (χ2n) is 6.96. The zero-order valence-electron chi connectivity index (χ0n) is 14.9. The maximum atomic E-state index is 12.5. The summed E-state index contributed by atoms with van der Waals surface area (Å²) in [5, 5.41) is 4.85. The summed E-state index contributed by atoms with van der Waals surface area (Å²) in [6.45, 7) is 9.81. The molecule has 0 atom stereocenters. The number of carbonyl (C=O) groups excluding carboxylic acids is 1. The van der Waals surface area contributed by atoms with Crippen molar-refractivity contribution in [3.05, 3.63) is 27.6 Å². The summed E-state index contributed by atoms with van der Waals surface area (Å²) < 4.78 is 7.35. The molecule has 0 bridgehead atoms. The standard InChI is InChI=1S/C17H24N4O3S/c1-12-9-25-15-14(12)19-11-20(16(15)23)8-13(22)18-10-17(2,3)21-4-6-24-7-5-21/h9,11H,4-8,10H2,1-3H3,(H,18,22). The fourth-order valence-electron chi connectivity index (χ4n) is 2.98. The van der Waals surface area contributed by atoms with Crippen molar-refractivity contribution >= 4 is 27.5 Å². The first-order valence-electron chi connectivity index (χ1n) is 8.41. The Morgan fingerprint density at radius 3 is 2.84 bits per heavy atom. The molecule has 0 radical (unpaired) electrons. The van der Waals surface area contributed by atoms with Crippen LogP contribution in [0.4, 0.5) is 0 Å². The van der Waals surface area contributed by atoms with Gasteiger partial charge in [-0.1, -0.05) is 0 Å². The average molecular weight is 364 g/mol. The van der Waals surface area contributed by atoms with Gasteiger partial charge in [0.1, 0.15) is 11.2 Å². The highest BCUT2D eigenvalue weighted by Crippen LogP contribution is 2.19. The van der Waals surface area contributed by atoms with Crippen molar-refractivity contribution in [2.75, 3.05) is 32.8 Å². The largest absolute Gasteiger partial charge is 0.379 e. The predicted molar refractivity (Wildman–Crippen MR) is 98.1 cm³/mol. The molecule has 1 aliphatic heterocycles. The first-order chi connectivity index (χ1) is 11.9. The van der Waals surface area contributed by atoms with E-state index in [1.807, 2.05) is 12.3 Å². The second kappa shape index (κ2) is 7.23. The average Bonchev–Trinajstić information content (AvgIpc) is 2.98. The van der Waals surface area contributed by atoms with E-state index < -0.39 is 0 Å². The molecule has 1 fully saturated rings. The highest BCUT2D eigenvalue weighted by atomic mass is 32.1. The van der Waals surface area contributed by atoms with Gasteiger partial charge in [-0.15, -0.1) is 11.3 Å². The summed E-state index contributed by atoms with van der Waals surface area (Å²) in [4.78, 5) is 31.4. The SMILES string of the molecule is Cc1csc2c(=O)n(CC(=O)NCC(C)(C)N3CCOCC3)cnc12. The van der Waals surface area contributed by atoms with Crippen LogP contribution in [0.1, 0.15) is 19.4 Å². The molecular formula is C17H24N4O3S. The number of ether oxygens (including phenoxy) is 1. The van der Waals surface area contributed by atoms with Crippen LogP contribution < -0.4 is 10.9 Å². The van der Waals surface area contributed by atoms with Crippen LogP contribution in [0.3, 0.4) is 0 Å². The van der Waals surface area contributed by atoms with Gasteiger partial charge >= 0.3 is 0 Å². The molecule has 25 heavy (non-hydrogen) atoms. The summed E-state index contributed by atoms with van der Waals surface area (Å²) in [6, 6.07) is 0. The normalized spacial score (nSPS) is 16.3. The van der Waals surface area contributed by atoms with E-state index in [9.17, 15) is 9.59 Å². The molecule has 0 aliphatic carbocycles. The van der Waals surface area contributed by atoms with Crippen molar-refractivity contribution in [3.63, 3.8) is 0 Å². The molecule has 3 heterocycles. The van der Waals surface area contributed by atoms with E-state index in [1.165, 1.54) is 22.2 Å². The third kappa shape index (κ3) is 3.91. The predicted octanol–water partition coefficient (Wildman–Crippen LogP) is 0.993. The zero-order valence-corrected chi connectivity index (χ0v) is 15.7. The van der Waals surface area contributed by atoms with E-state index in [0.717, 1.165) is 37.4 Å². The molecular weight excluding hydrogens is 340 g/mol. The molecule has 2 aromatic rings. The minimum absolute atomic E-state index is 0.0160. The topological polar surface area (TPSA) is 76.5 Å². The molecule has 1 aliphatic rings. The van der Waals surface area contributed by atoms with E-state index >= 15 is 0 Å². The van der Waals surface area contributed by atoms with Crippen molar-refractivity contribution in [2.45, 2.75) is 32.9 Å². The fraction of sp³-hybridized carbons (Fsp3) is 0.588. The Morgan fingerprint density at radius 1 is 1.40 bits per heavy atom. The quantitative estimate of drug-likeness (QED) is 0.856. The second-order valence-corrected chi connectivity index (χ2v) is 7.84. The number of morpholine rings is 1. The van der Waals surface area contributed by atoms with Crippen LogP contribution in [-0.2, 0) is 16.1 Å². The van der Waals surface area contributed by atoms with E-state index in [-0.39, 0.29) is 23.6 Å². The molecule has 1 saturated heterocycles. The first-order valence-corrected chi connectivity index (χ1v) is 9.29. The molecule has 2 aromatic heterocycles. The van der Waals surface area contributed by atoms with Gasteiger partial charge in [-0.05, 0) is 31.7 Å². The molecule has 136 valence electrons. The van der Waals surface area contributed by atoms with E-state index in [4.69, 9.17) is 4.74 Å². The molecule has 7 nitrogen and oxygen atoms in total. The van der Waals surface area contributed by atoms with Crippen LogP contribution in [0.15, 0.2) is 16.5 Å². The third-order valence-electron chi connectivity index (χ3n) is 4.62. The number of nitrogens with one attached hydrogen (secondary N) is 1. The van der Waals surface area contributed by atoms with Crippen LogP contribution in [0.2, 0.25) is 0 Å². The van der Waals surface area contributed by atoms with Crippen LogP contribution in [-0.4, -0.2) is 58.7 Å². The number of amides is 1. The van der Waals surface area contributed by atoms with Crippen molar-refractivity contribution in [1.82, 2.24) is 19.8 Å². The van der Waals surface area contributed by atoms with Crippen LogP contribution in [0, 0.1) is 6.92 Å².